The molecule has 178 valence electrons. The van der Waals surface area contributed by atoms with Crippen molar-refractivity contribution in [2.75, 3.05) is 15.4 Å². The number of carbonyl (C=O) groups excluding carboxylic acids is 1. The van der Waals surface area contributed by atoms with E-state index in [1.165, 1.54) is 5.56 Å². The topological polar surface area (TPSA) is 66.5 Å². The summed E-state index contributed by atoms with van der Waals surface area (Å²) in [4.78, 5) is 14.8. The Morgan fingerprint density at radius 1 is 0.941 bits per heavy atom. The predicted molar refractivity (Wildman–Crippen MR) is 141 cm³/mol. The van der Waals surface area contributed by atoms with Gasteiger partial charge in [0.05, 0.1) is 10.6 Å². The largest absolute Gasteiger partial charge is 0.295 e. The van der Waals surface area contributed by atoms with Crippen LogP contribution in [-0.4, -0.2) is 20.1 Å². The molecule has 1 aliphatic heterocycles. The molecule has 1 heterocycles. The number of nitrogens with one attached hydrogen (secondary N) is 1. The van der Waals surface area contributed by atoms with Gasteiger partial charge in [0.1, 0.15) is 5.37 Å². The smallest absolute Gasteiger partial charge is 0.261 e. The third-order valence-corrected chi connectivity index (χ3v) is 8.70. The van der Waals surface area contributed by atoms with E-state index < -0.39 is 10.0 Å². The van der Waals surface area contributed by atoms with Gasteiger partial charge in [-0.05, 0) is 77.9 Å². The van der Waals surface area contributed by atoms with Crippen LogP contribution < -0.4 is 9.62 Å². The molecule has 0 aliphatic carbocycles. The number of benzene rings is 3. The molecule has 0 radical (unpaired) electrons. The van der Waals surface area contributed by atoms with Gasteiger partial charge < -0.3 is 0 Å². The van der Waals surface area contributed by atoms with Crippen molar-refractivity contribution in [3.05, 3.63) is 89.0 Å². The van der Waals surface area contributed by atoms with Gasteiger partial charge in [-0.3, -0.25) is 14.4 Å². The summed E-state index contributed by atoms with van der Waals surface area (Å²) in [6.45, 7) is 10.3. The molecule has 3 aromatic rings. The minimum Gasteiger partial charge on any atom is -0.295 e. The molecule has 0 bridgehead atoms. The summed E-state index contributed by atoms with van der Waals surface area (Å²) < 4.78 is 28.7. The van der Waals surface area contributed by atoms with Gasteiger partial charge in [-0.15, -0.1) is 11.8 Å². The number of hydrogen-bond acceptors (Lipinski definition) is 4. The Bertz CT molecular complexity index is 1330. The van der Waals surface area contributed by atoms with Gasteiger partial charge in [0, 0.05) is 11.4 Å². The van der Waals surface area contributed by atoms with Crippen molar-refractivity contribution in [1.82, 2.24) is 0 Å². The molecular formula is C27H30N2O3S2. The van der Waals surface area contributed by atoms with E-state index in [9.17, 15) is 13.2 Å². The lowest BCUT2D eigenvalue weighted by Gasteiger charge is -2.25. The van der Waals surface area contributed by atoms with Crippen LogP contribution in [-0.2, 0) is 20.2 Å². The molecule has 7 heteroatoms. The molecule has 1 N–H and O–H groups in total. The maximum atomic E-state index is 13.0. The number of carbonyl (C=O) groups is 1. The van der Waals surface area contributed by atoms with Crippen molar-refractivity contribution in [2.24, 2.45) is 0 Å². The fourth-order valence-electron chi connectivity index (χ4n) is 3.93. The number of thioether (sulfide) groups is 1. The van der Waals surface area contributed by atoms with Crippen LogP contribution in [0.3, 0.4) is 0 Å². The average Bonchev–Trinajstić information content (AvgIpc) is 3.16. The summed E-state index contributed by atoms with van der Waals surface area (Å²) >= 11 is 1.54. The normalized spacial score (nSPS) is 16.7. The highest BCUT2D eigenvalue weighted by Gasteiger charge is 2.34. The number of hydrogen-bond donors (Lipinski definition) is 1. The molecule has 1 saturated heterocycles. The molecule has 5 nitrogen and oxygen atoms in total. The van der Waals surface area contributed by atoms with Gasteiger partial charge in [0.15, 0.2) is 0 Å². The third-order valence-electron chi connectivity index (χ3n) is 6.09. The highest BCUT2D eigenvalue weighted by Crippen LogP contribution is 2.42. The van der Waals surface area contributed by atoms with Gasteiger partial charge in [0.25, 0.3) is 10.0 Å². The van der Waals surface area contributed by atoms with Crippen molar-refractivity contribution in [1.29, 1.82) is 0 Å². The van der Waals surface area contributed by atoms with Crippen LogP contribution in [0.1, 0.15) is 48.4 Å². The summed E-state index contributed by atoms with van der Waals surface area (Å²) in [5, 5.41) is -0.217. The number of sulfonamides is 1. The molecular weight excluding hydrogens is 464 g/mol. The second-order valence-electron chi connectivity index (χ2n) is 9.70. The van der Waals surface area contributed by atoms with E-state index in [-0.39, 0.29) is 21.6 Å². The third kappa shape index (κ3) is 5.00. The monoisotopic (exact) mass is 494 g/mol. The minimum atomic E-state index is -3.74. The second kappa shape index (κ2) is 9.12. The van der Waals surface area contributed by atoms with Gasteiger partial charge in [-0.2, -0.15) is 0 Å². The Morgan fingerprint density at radius 2 is 1.65 bits per heavy atom. The molecule has 0 saturated carbocycles. The van der Waals surface area contributed by atoms with E-state index in [4.69, 9.17) is 0 Å². The highest BCUT2D eigenvalue weighted by molar-refractivity contribution is 8.00. The molecule has 0 unspecified atom stereocenters. The van der Waals surface area contributed by atoms with Crippen molar-refractivity contribution >= 4 is 39.1 Å². The lowest BCUT2D eigenvalue weighted by atomic mass is 9.87. The Morgan fingerprint density at radius 3 is 2.29 bits per heavy atom. The molecule has 1 amide bonds. The Balaban J connectivity index is 1.60. The lowest BCUT2D eigenvalue weighted by molar-refractivity contribution is -0.115. The SMILES string of the molecule is Cc1ccc(N2C(=O)CS[C@H]2c2cccc(NS(=O)(=O)c3ccc(C(C)(C)C)cc3)c2)cc1C. The van der Waals surface area contributed by atoms with E-state index >= 15 is 0 Å². The van der Waals surface area contributed by atoms with Crippen LogP contribution in [0.15, 0.2) is 71.6 Å². The van der Waals surface area contributed by atoms with E-state index in [2.05, 4.69) is 25.5 Å². The minimum absolute atomic E-state index is 0.0446. The van der Waals surface area contributed by atoms with E-state index in [1.54, 1.807) is 34.9 Å². The van der Waals surface area contributed by atoms with Gasteiger partial charge in [-0.1, -0.05) is 51.1 Å². The molecule has 0 aromatic heterocycles. The summed E-state index contributed by atoms with van der Waals surface area (Å²) in [6.07, 6.45) is 0. The van der Waals surface area contributed by atoms with Gasteiger partial charge >= 0.3 is 0 Å². The number of aryl methyl sites for hydroxylation is 2. The first-order chi connectivity index (χ1) is 16.0. The van der Waals surface area contributed by atoms with Crippen molar-refractivity contribution in [3.8, 4) is 0 Å². The zero-order valence-electron chi connectivity index (χ0n) is 20.1. The van der Waals surface area contributed by atoms with Crippen LogP contribution >= 0.6 is 11.8 Å². The van der Waals surface area contributed by atoms with Crippen molar-refractivity contribution in [2.45, 2.75) is 50.3 Å². The zero-order chi connectivity index (χ0) is 24.7. The Hall–Kier alpha value is -2.77. The van der Waals surface area contributed by atoms with Gasteiger partial charge in [-0.25, -0.2) is 8.42 Å². The van der Waals surface area contributed by atoms with E-state index in [0.717, 1.165) is 22.4 Å². The van der Waals surface area contributed by atoms with Crippen LogP contribution in [0.5, 0.6) is 0 Å². The molecule has 34 heavy (non-hydrogen) atoms. The fraction of sp³-hybridized carbons (Fsp3) is 0.296. The fourth-order valence-corrected chi connectivity index (χ4v) is 6.15. The summed E-state index contributed by atoms with van der Waals surface area (Å²) in [7, 11) is -3.74. The first-order valence-corrected chi connectivity index (χ1v) is 13.7. The van der Waals surface area contributed by atoms with Crippen molar-refractivity contribution in [3.63, 3.8) is 0 Å². The molecule has 1 fully saturated rings. The predicted octanol–water partition coefficient (Wildman–Crippen LogP) is 6.18. The van der Waals surface area contributed by atoms with E-state index in [0.29, 0.717) is 11.4 Å². The standard InChI is InChI=1S/C27H30N2O3S2/c1-18-9-12-23(15-19(18)2)29-25(30)17-33-26(29)20-7-6-8-22(16-20)28-34(31,32)24-13-10-21(11-14-24)27(3,4)5/h6-16,26,28H,17H2,1-5H3/t26-/m0/s1. The Kier molecular flexibility index (Phi) is 6.53. The van der Waals surface area contributed by atoms with Gasteiger partial charge in [0.2, 0.25) is 5.91 Å². The maximum Gasteiger partial charge on any atom is 0.261 e. The second-order valence-corrected chi connectivity index (χ2v) is 12.5. The number of anilines is 2. The maximum absolute atomic E-state index is 13.0. The average molecular weight is 495 g/mol. The molecule has 1 aliphatic rings. The zero-order valence-corrected chi connectivity index (χ0v) is 21.8. The van der Waals surface area contributed by atoms with Crippen LogP contribution in [0, 0.1) is 13.8 Å². The number of nitrogens with zero attached hydrogens (tertiary/aromatic N) is 1. The van der Waals surface area contributed by atoms with Crippen molar-refractivity contribution < 1.29 is 13.2 Å². The van der Waals surface area contributed by atoms with Crippen LogP contribution in [0.4, 0.5) is 11.4 Å². The number of amides is 1. The van der Waals surface area contributed by atoms with Crippen LogP contribution in [0.2, 0.25) is 0 Å². The summed E-state index contributed by atoms with van der Waals surface area (Å²) in [5.74, 6) is 0.427. The lowest BCUT2D eigenvalue weighted by Crippen LogP contribution is -2.28. The molecule has 1 atom stereocenters. The molecule has 0 spiro atoms. The first kappa shape index (κ1) is 24.4. The summed E-state index contributed by atoms with van der Waals surface area (Å²) in [6, 6.07) is 20.3. The van der Waals surface area contributed by atoms with Crippen LogP contribution in [0.25, 0.3) is 0 Å². The molecule has 3 aromatic carbocycles. The van der Waals surface area contributed by atoms with E-state index in [1.807, 2.05) is 62.4 Å². The summed E-state index contributed by atoms with van der Waals surface area (Å²) in [5.41, 5.74) is 5.51. The molecule has 4 rings (SSSR count). The Labute approximate surface area is 206 Å². The quantitative estimate of drug-likeness (QED) is 0.460. The number of rotatable bonds is 5. The first-order valence-electron chi connectivity index (χ1n) is 11.2. The highest BCUT2D eigenvalue weighted by atomic mass is 32.2.